The first kappa shape index (κ1) is 24.5. The quantitative estimate of drug-likeness (QED) is 0.473. The van der Waals surface area contributed by atoms with Crippen molar-refractivity contribution in [3.05, 3.63) is 54.1 Å². The lowest BCUT2D eigenvalue weighted by Crippen LogP contribution is -2.18. The molecule has 0 aliphatic carbocycles. The number of nitrogens with two attached hydrogens (primary N) is 1. The van der Waals surface area contributed by atoms with Crippen molar-refractivity contribution in [2.24, 2.45) is 5.73 Å². The lowest BCUT2D eigenvalue weighted by molar-refractivity contribution is -0.116. The van der Waals surface area contributed by atoms with E-state index in [0.717, 1.165) is 39.5 Å². The molecule has 3 rings (SSSR count). The van der Waals surface area contributed by atoms with Crippen LogP contribution in [-0.4, -0.2) is 34.2 Å². The molecule has 33 heavy (non-hydrogen) atoms. The lowest BCUT2D eigenvalue weighted by Gasteiger charge is -2.25. The summed E-state index contributed by atoms with van der Waals surface area (Å²) in [7, 11) is -1.71. The number of methoxy groups -OCH3 is 1. The number of sulfonamides is 1. The van der Waals surface area contributed by atoms with Crippen LogP contribution in [-0.2, 0) is 20.2 Å². The summed E-state index contributed by atoms with van der Waals surface area (Å²) in [5.74, 6) is 0.604. The molecule has 0 bridgehead atoms. The predicted octanol–water partition coefficient (Wildman–Crippen LogP) is 4.47. The van der Waals surface area contributed by atoms with Crippen molar-refractivity contribution < 1.29 is 17.9 Å². The van der Waals surface area contributed by atoms with Crippen LogP contribution in [0.25, 0.3) is 21.9 Å². The third-order valence-corrected chi connectivity index (χ3v) is 5.82. The third kappa shape index (κ3) is 6.03. The van der Waals surface area contributed by atoms with Gasteiger partial charge in [0.05, 0.1) is 13.4 Å². The van der Waals surface area contributed by atoms with Crippen LogP contribution in [0.5, 0.6) is 5.75 Å². The van der Waals surface area contributed by atoms with Gasteiger partial charge in [-0.15, -0.1) is 0 Å². The Balaban J connectivity index is 2.14. The summed E-state index contributed by atoms with van der Waals surface area (Å²) in [6.07, 6.45) is 1.37. The van der Waals surface area contributed by atoms with Gasteiger partial charge in [-0.05, 0) is 52.1 Å². The second kappa shape index (κ2) is 9.41. The van der Waals surface area contributed by atoms with E-state index in [1.165, 1.54) is 0 Å². The van der Waals surface area contributed by atoms with E-state index in [4.69, 9.17) is 10.5 Å². The van der Waals surface area contributed by atoms with E-state index >= 15 is 0 Å². The zero-order valence-electron chi connectivity index (χ0n) is 19.7. The fourth-order valence-electron chi connectivity index (χ4n) is 3.74. The predicted molar refractivity (Wildman–Crippen MR) is 135 cm³/mol. The zero-order valence-corrected chi connectivity index (χ0v) is 20.5. The van der Waals surface area contributed by atoms with Crippen LogP contribution in [0.2, 0.25) is 0 Å². The van der Waals surface area contributed by atoms with Crippen molar-refractivity contribution >= 4 is 38.1 Å². The summed E-state index contributed by atoms with van der Waals surface area (Å²) < 4.78 is 31.4. The van der Waals surface area contributed by atoms with Gasteiger partial charge in [0.15, 0.2) is 0 Å². The summed E-state index contributed by atoms with van der Waals surface area (Å²) in [5, 5.41) is 4.79. The monoisotopic (exact) mass is 469 g/mol. The fraction of sp³-hybridized carbons (Fsp3) is 0.320. The van der Waals surface area contributed by atoms with E-state index in [1.807, 2.05) is 36.4 Å². The number of benzene rings is 3. The second-order valence-corrected chi connectivity index (χ2v) is 10.8. The molecule has 0 saturated carbocycles. The molecular formula is C25H31N3O4S. The molecule has 3 aromatic carbocycles. The molecule has 4 N–H and O–H groups in total. The third-order valence-electron chi connectivity index (χ3n) is 5.21. The minimum absolute atomic E-state index is 0.141. The molecule has 1 amide bonds. The Hall–Kier alpha value is -3.10. The van der Waals surface area contributed by atoms with Gasteiger partial charge in [0, 0.05) is 35.5 Å². The molecule has 0 saturated heterocycles. The number of hydrogen-bond donors (Lipinski definition) is 3. The molecule has 0 heterocycles. The Morgan fingerprint density at radius 1 is 1.00 bits per heavy atom. The molecular weight excluding hydrogens is 438 g/mol. The highest BCUT2D eigenvalue weighted by atomic mass is 32.2. The van der Waals surface area contributed by atoms with Crippen LogP contribution in [0, 0.1) is 0 Å². The zero-order chi connectivity index (χ0) is 24.4. The summed E-state index contributed by atoms with van der Waals surface area (Å²) >= 11 is 0. The largest absolute Gasteiger partial charge is 0.496 e. The molecule has 8 heteroatoms. The highest BCUT2D eigenvalue weighted by Crippen LogP contribution is 2.42. The smallest absolute Gasteiger partial charge is 0.229 e. The Morgan fingerprint density at radius 3 is 2.27 bits per heavy atom. The van der Waals surface area contributed by atoms with Crippen molar-refractivity contribution in [2.45, 2.75) is 32.6 Å². The van der Waals surface area contributed by atoms with Crippen LogP contribution < -0.4 is 20.5 Å². The van der Waals surface area contributed by atoms with Crippen LogP contribution in [0.3, 0.4) is 0 Å². The van der Waals surface area contributed by atoms with Crippen LogP contribution in [0.4, 0.5) is 11.4 Å². The van der Waals surface area contributed by atoms with Crippen LogP contribution in [0.15, 0.2) is 48.5 Å². The van der Waals surface area contributed by atoms with E-state index in [0.29, 0.717) is 11.4 Å². The van der Waals surface area contributed by atoms with Gasteiger partial charge >= 0.3 is 0 Å². The number of carbonyl (C=O) groups excluding carboxylic acids is 1. The molecule has 0 atom stereocenters. The van der Waals surface area contributed by atoms with Gasteiger partial charge in [-0.3, -0.25) is 9.52 Å². The number of anilines is 2. The van der Waals surface area contributed by atoms with E-state index in [-0.39, 0.29) is 24.3 Å². The summed E-state index contributed by atoms with van der Waals surface area (Å²) in [6.45, 7) is 6.56. The van der Waals surface area contributed by atoms with Gasteiger partial charge < -0.3 is 15.8 Å². The number of nitrogens with one attached hydrogen (secondary N) is 2. The van der Waals surface area contributed by atoms with E-state index < -0.39 is 10.0 Å². The molecule has 0 aromatic heterocycles. The maximum atomic E-state index is 12.2. The maximum absolute atomic E-state index is 12.2. The molecule has 176 valence electrons. The minimum Gasteiger partial charge on any atom is -0.496 e. The Kier molecular flexibility index (Phi) is 7.00. The van der Waals surface area contributed by atoms with Gasteiger partial charge in [0.2, 0.25) is 15.9 Å². The molecule has 7 nitrogen and oxygen atoms in total. The number of amides is 1. The summed E-state index contributed by atoms with van der Waals surface area (Å²) in [4.78, 5) is 12.2. The molecule has 0 fully saturated rings. The summed E-state index contributed by atoms with van der Waals surface area (Å²) in [6, 6.07) is 15.2. The molecule has 0 unspecified atom stereocenters. The van der Waals surface area contributed by atoms with E-state index in [9.17, 15) is 13.2 Å². The SMILES string of the molecule is COc1c(-c2ccc3cc(NS(C)(=O)=O)ccc3c2)cc(NC(=O)CCN)cc1C(C)(C)C. The number of hydrogen-bond acceptors (Lipinski definition) is 5. The first-order chi connectivity index (χ1) is 15.4. The lowest BCUT2D eigenvalue weighted by atomic mass is 9.83. The molecule has 0 radical (unpaired) electrons. The summed E-state index contributed by atoms with van der Waals surface area (Å²) in [5.41, 5.74) is 9.24. The van der Waals surface area contributed by atoms with E-state index in [1.54, 1.807) is 19.2 Å². The van der Waals surface area contributed by atoms with Crippen LogP contribution >= 0.6 is 0 Å². The van der Waals surface area contributed by atoms with Gasteiger partial charge in [0.25, 0.3) is 0 Å². The first-order valence-corrected chi connectivity index (χ1v) is 12.5. The number of carbonyl (C=O) groups is 1. The van der Waals surface area contributed by atoms with Crippen LogP contribution in [0.1, 0.15) is 32.8 Å². The topological polar surface area (TPSA) is 111 Å². The van der Waals surface area contributed by atoms with Crippen molar-refractivity contribution in [3.8, 4) is 16.9 Å². The second-order valence-electron chi connectivity index (χ2n) is 9.09. The Labute approximate surface area is 195 Å². The average Bonchev–Trinajstić information content (AvgIpc) is 2.71. The minimum atomic E-state index is -3.35. The van der Waals surface area contributed by atoms with Gasteiger partial charge in [-0.25, -0.2) is 8.42 Å². The highest BCUT2D eigenvalue weighted by Gasteiger charge is 2.23. The van der Waals surface area contributed by atoms with Crippen molar-refractivity contribution in [1.82, 2.24) is 0 Å². The molecule has 0 aliphatic rings. The molecule has 3 aromatic rings. The number of rotatable bonds is 7. The fourth-order valence-corrected chi connectivity index (χ4v) is 4.29. The number of ether oxygens (including phenoxy) is 1. The highest BCUT2D eigenvalue weighted by molar-refractivity contribution is 7.92. The maximum Gasteiger partial charge on any atom is 0.229 e. The Morgan fingerprint density at radius 2 is 1.67 bits per heavy atom. The van der Waals surface area contributed by atoms with Crippen molar-refractivity contribution in [2.75, 3.05) is 29.9 Å². The van der Waals surface area contributed by atoms with Gasteiger partial charge in [-0.1, -0.05) is 39.0 Å². The normalized spacial score (nSPS) is 11.9. The van der Waals surface area contributed by atoms with Crippen molar-refractivity contribution in [1.29, 1.82) is 0 Å². The number of fused-ring (bicyclic) bond motifs is 1. The van der Waals surface area contributed by atoms with Crippen molar-refractivity contribution in [3.63, 3.8) is 0 Å². The molecule has 0 aliphatic heterocycles. The molecule has 0 spiro atoms. The van der Waals surface area contributed by atoms with E-state index in [2.05, 4.69) is 30.8 Å². The average molecular weight is 470 g/mol. The first-order valence-electron chi connectivity index (χ1n) is 10.7. The van der Waals surface area contributed by atoms with Gasteiger partial charge in [-0.2, -0.15) is 0 Å². The van der Waals surface area contributed by atoms with Gasteiger partial charge in [0.1, 0.15) is 5.75 Å². The Bertz CT molecular complexity index is 1290. The standard InChI is InChI=1S/C25H31N3O4S/c1-25(2,3)22-15-20(27-23(29)10-11-26)14-21(24(22)32-4)18-7-6-17-13-19(28-33(5,30)31)9-8-16(17)12-18/h6-9,12-15,28H,10-11,26H2,1-5H3,(H,27,29).